The smallest absolute Gasteiger partial charge is 0.338 e. The van der Waals surface area contributed by atoms with Crippen LogP contribution >= 0.6 is 0 Å². The van der Waals surface area contributed by atoms with Crippen molar-refractivity contribution in [3.05, 3.63) is 118 Å². The summed E-state index contributed by atoms with van der Waals surface area (Å²) in [6.45, 7) is 6.56. The molecule has 0 atom stereocenters. The number of morpholine rings is 1. The minimum atomic E-state index is -2.68. The molecule has 2 fully saturated rings. The number of Topliss-reactive ketones (excluding diaryl/α,β-unsaturated/α-hetero) is 1. The Balaban J connectivity index is 0.000000212. The van der Waals surface area contributed by atoms with Gasteiger partial charge in [0.05, 0.1) is 25.4 Å². The van der Waals surface area contributed by atoms with Crippen LogP contribution < -0.4 is 0 Å². The van der Waals surface area contributed by atoms with Gasteiger partial charge in [0.25, 0.3) is 37.5 Å². The Bertz CT molecular complexity index is 1980. The number of hydrogen-bond acceptors (Lipinski definition) is 10. The Morgan fingerprint density at radius 1 is 0.576 bits per heavy atom. The zero-order valence-corrected chi connectivity index (χ0v) is 31.8. The third-order valence-corrected chi connectivity index (χ3v) is 8.12. The van der Waals surface area contributed by atoms with Gasteiger partial charge in [-0.05, 0) is 75.2 Å². The molecule has 59 heavy (non-hydrogen) atoms. The highest BCUT2D eigenvalue weighted by Crippen LogP contribution is 2.21. The third-order valence-electron chi connectivity index (χ3n) is 8.12. The van der Waals surface area contributed by atoms with Gasteiger partial charge in [-0.3, -0.25) is 34.3 Å². The van der Waals surface area contributed by atoms with Crippen molar-refractivity contribution in [2.45, 2.75) is 52.4 Å². The van der Waals surface area contributed by atoms with Crippen LogP contribution in [0.4, 0.5) is 35.1 Å². The van der Waals surface area contributed by atoms with Crippen LogP contribution in [-0.2, 0) is 9.47 Å². The molecule has 2 saturated heterocycles. The second-order valence-electron chi connectivity index (χ2n) is 12.3. The Hall–Kier alpha value is -5.92. The van der Waals surface area contributed by atoms with Crippen molar-refractivity contribution in [1.29, 1.82) is 0 Å². The minimum Gasteiger partial charge on any atom is -0.462 e. The summed E-state index contributed by atoms with van der Waals surface area (Å²) in [6, 6.07) is 10.1. The zero-order chi connectivity index (χ0) is 43.5. The molecule has 0 unspecified atom stereocenters. The second kappa shape index (κ2) is 24.1. The number of carbonyl (C=O) groups is 4. The molecular formula is C39H40F8N6O6. The van der Waals surface area contributed by atoms with E-state index in [0.29, 0.717) is 45.0 Å². The second-order valence-corrected chi connectivity index (χ2v) is 12.3. The molecule has 0 aromatic carbocycles. The number of alkyl halides is 8. The van der Waals surface area contributed by atoms with Crippen molar-refractivity contribution >= 4 is 23.6 Å². The molecule has 20 heteroatoms. The van der Waals surface area contributed by atoms with Gasteiger partial charge < -0.3 is 19.3 Å². The molecule has 0 spiro atoms. The molecule has 0 saturated carbocycles. The molecular weight excluding hydrogens is 800 g/mol. The van der Waals surface area contributed by atoms with Crippen LogP contribution in [0.15, 0.2) is 73.3 Å². The summed E-state index contributed by atoms with van der Waals surface area (Å²) in [5.74, 6) is -1.28. The van der Waals surface area contributed by atoms with Gasteiger partial charge in [-0.25, -0.2) is 39.9 Å². The van der Waals surface area contributed by atoms with Crippen molar-refractivity contribution in [2.75, 3.05) is 46.0 Å². The molecule has 12 nitrogen and oxygen atoms in total. The van der Waals surface area contributed by atoms with Crippen LogP contribution in [0.1, 0.15) is 117 Å². The fourth-order valence-electron chi connectivity index (χ4n) is 5.15. The average Bonchev–Trinajstić information content (AvgIpc) is 3.80. The maximum atomic E-state index is 12.4. The lowest BCUT2D eigenvalue weighted by molar-refractivity contribution is 0.0302. The number of halogens is 8. The normalized spacial score (nSPS) is 13.5. The standard InChI is InChI=1S/C11H12F2N2O2.C11H12F2N2O.C9H9F2NO2.C8H7F2NO/c12-10(13)9-7-8(1-2-14-9)11(16)15-3-5-17-6-4-15;12-10(13)9-7-8(3-4-14-9)11(16)15-5-1-2-6-15;1-2-14-9(13)6-3-4-12-7(5-6)8(10)11;1-5(12)6-2-3-11-7(4-6)8(9)10/h1-2,7,10H,3-6H2;3-4,7,10H,1-2,5-6H2;3-5,8H,2H2,1H3;2-4,8H,1H3. The monoisotopic (exact) mass is 840 g/mol. The lowest BCUT2D eigenvalue weighted by Crippen LogP contribution is -2.40. The molecule has 2 aliphatic rings. The van der Waals surface area contributed by atoms with Gasteiger partial charge in [-0.15, -0.1) is 0 Å². The zero-order valence-electron chi connectivity index (χ0n) is 31.8. The van der Waals surface area contributed by atoms with Crippen molar-refractivity contribution in [3.63, 3.8) is 0 Å². The van der Waals surface area contributed by atoms with Crippen LogP contribution in [-0.4, -0.2) is 99.3 Å². The van der Waals surface area contributed by atoms with Crippen LogP contribution in [0.2, 0.25) is 0 Å². The van der Waals surface area contributed by atoms with Gasteiger partial charge in [-0.1, -0.05) is 0 Å². The summed E-state index contributed by atoms with van der Waals surface area (Å²) in [5.41, 5.74) is -0.589. The van der Waals surface area contributed by atoms with Gasteiger partial charge in [-0.2, -0.15) is 0 Å². The van der Waals surface area contributed by atoms with Crippen molar-refractivity contribution in [2.24, 2.45) is 0 Å². The number of nitrogens with zero attached hydrogens (tertiary/aromatic N) is 6. The maximum Gasteiger partial charge on any atom is 0.338 e. The summed E-state index contributed by atoms with van der Waals surface area (Å²) in [7, 11) is 0. The molecule has 0 N–H and O–H groups in total. The predicted octanol–water partition coefficient (Wildman–Crippen LogP) is 8.16. The third kappa shape index (κ3) is 15.4. The molecule has 6 heterocycles. The molecule has 318 valence electrons. The fraction of sp³-hybridized carbons (Fsp3) is 0.385. The summed E-state index contributed by atoms with van der Waals surface area (Å²) in [4.78, 5) is 62.9. The minimum absolute atomic E-state index is 0.0946. The molecule has 4 aromatic rings. The molecule has 2 amide bonds. The Labute approximate surface area is 333 Å². The summed E-state index contributed by atoms with van der Waals surface area (Å²) in [5, 5.41) is 0. The fourth-order valence-corrected chi connectivity index (χ4v) is 5.15. The number of pyridine rings is 4. The van der Waals surface area contributed by atoms with Gasteiger partial charge >= 0.3 is 5.97 Å². The molecule has 0 bridgehead atoms. The van der Waals surface area contributed by atoms with Crippen LogP contribution in [0.3, 0.4) is 0 Å². The number of rotatable bonds is 9. The average molecular weight is 841 g/mol. The highest BCUT2D eigenvalue weighted by atomic mass is 19.3. The Morgan fingerprint density at radius 2 is 0.915 bits per heavy atom. The number of aromatic nitrogens is 4. The van der Waals surface area contributed by atoms with E-state index in [-0.39, 0.29) is 58.0 Å². The van der Waals surface area contributed by atoms with E-state index in [4.69, 9.17) is 4.74 Å². The first-order chi connectivity index (χ1) is 28.1. The molecule has 2 aliphatic heterocycles. The topological polar surface area (TPSA) is 145 Å². The molecule has 0 aliphatic carbocycles. The van der Waals surface area contributed by atoms with Crippen LogP contribution in [0.25, 0.3) is 0 Å². The molecule has 6 rings (SSSR count). The van der Waals surface area contributed by atoms with Crippen LogP contribution in [0, 0.1) is 0 Å². The van der Waals surface area contributed by atoms with Gasteiger partial charge in [0, 0.05) is 67.7 Å². The van der Waals surface area contributed by atoms with Crippen molar-refractivity contribution in [3.8, 4) is 0 Å². The van der Waals surface area contributed by atoms with E-state index in [1.807, 2.05) is 0 Å². The summed E-state index contributed by atoms with van der Waals surface area (Å²) < 4.78 is 108. The first kappa shape index (κ1) is 47.5. The van der Waals surface area contributed by atoms with E-state index in [0.717, 1.165) is 37.2 Å². The number of ether oxygens (including phenoxy) is 2. The first-order valence-electron chi connectivity index (χ1n) is 17.9. The number of esters is 1. The van der Waals surface area contributed by atoms with Crippen molar-refractivity contribution < 1.29 is 63.8 Å². The van der Waals surface area contributed by atoms with E-state index in [9.17, 15) is 54.3 Å². The number of ketones is 1. The maximum absolute atomic E-state index is 12.4. The van der Waals surface area contributed by atoms with Gasteiger partial charge in [0.15, 0.2) is 5.78 Å². The number of likely N-dealkylation sites (tertiary alicyclic amines) is 1. The van der Waals surface area contributed by atoms with Gasteiger partial charge in [0.1, 0.15) is 22.8 Å². The van der Waals surface area contributed by atoms with Gasteiger partial charge in [0.2, 0.25) is 0 Å². The van der Waals surface area contributed by atoms with Crippen LogP contribution in [0.5, 0.6) is 0 Å². The van der Waals surface area contributed by atoms with E-state index in [1.54, 1.807) is 16.7 Å². The molecule has 4 aromatic heterocycles. The highest BCUT2D eigenvalue weighted by Gasteiger charge is 2.22. The first-order valence-corrected chi connectivity index (χ1v) is 17.9. The summed E-state index contributed by atoms with van der Waals surface area (Å²) in [6.07, 6.45) is -3.77. The lowest BCUT2D eigenvalue weighted by Gasteiger charge is -2.26. The summed E-state index contributed by atoms with van der Waals surface area (Å²) >= 11 is 0. The number of carbonyl (C=O) groups excluding carboxylic acids is 4. The molecule has 0 radical (unpaired) electrons. The van der Waals surface area contributed by atoms with Crippen molar-refractivity contribution in [1.82, 2.24) is 29.7 Å². The quantitative estimate of drug-likeness (QED) is 0.0920. The Kier molecular flexibility index (Phi) is 19.4. The van der Waals surface area contributed by atoms with E-state index >= 15 is 0 Å². The van der Waals surface area contributed by atoms with E-state index in [1.165, 1.54) is 55.8 Å². The van der Waals surface area contributed by atoms with E-state index < -0.39 is 37.4 Å². The Morgan fingerprint density at radius 3 is 1.29 bits per heavy atom. The predicted molar refractivity (Wildman–Crippen MR) is 195 cm³/mol. The largest absolute Gasteiger partial charge is 0.462 e. The lowest BCUT2D eigenvalue weighted by atomic mass is 10.2. The van der Waals surface area contributed by atoms with E-state index in [2.05, 4.69) is 24.7 Å². The number of hydrogen-bond donors (Lipinski definition) is 0. The highest BCUT2D eigenvalue weighted by molar-refractivity contribution is 5.95. The SMILES string of the molecule is CC(=O)c1ccnc(C(F)F)c1.CCOC(=O)c1ccnc(C(F)F)c1.O=C(c1ccnc(C(F)F)c1)N1CCCC1.O=C(c1ccnc(C(F)F)c1)N1CCOCC1. The number of amides is 2.